The van der Waals surface area contributed by atoms with Gasteiger partial charge in [0.05, 0.1) is 5.41 Å². The van der Waals surface area contributed by atoms with Crippen LogP contribution in [0.3, 0.4) is 0 Å². The predicted molar refractivity (Wildman–Crippen MR) is 133 cm³/mol. The molecule has 7 rings (SSSR count). The van der Waals surface area contributed by atoms with Crippen LogP contribution >= 0.6 is 11.6 Å². The smallest absolute Gasteiger partial charge is 0.0544 e. The molecule has 0 bridgehead atoms. The van der Waals surface area contributed by atoms with E-state index in [0.717, 1.165) is 5.02 Å². The summed E-state index contributed by atoms with van der Waals surface area (Å²) >= 11 is 6.46. The van der Waals surface area contributed by atoms with E-state index in [9.17, 15) is 0 Å². The lowest BCUT2D eigenvalue weighted by Crippen LogP contribution is -2.33. The molecule has 32 heavy (non-hydrogen) atoms. The van der Waals surface area contributed by atoms with E-state index >= 15 is 0 Å². The Hall–Kier alpha value is -3.35. The molecule has 3 aliphatic carbocycles. The fraction of sp³-hybridized carbons (Fsp3) is 0.0968. The molecule has 0 amide bonds. The zero-order chi connectivity index (χ0) is 21.3. The Kier molecular flexibility index (Phi) is 3.75. The minimum Gasteiger partial charge on any atom is -0.0843 e. The topological polar surface area (TPSA) is 0 Å². The van der Waals surface area contributed by atoms with Crippen LogP contribution in [0.4, 0.5) is 0 Å². The molecule has 0 aromatic heterocycles. The molecule has 0 heterocycles. The van der Waals surface area contributed by atoms with E-state index in [0.29, 0.717) is 11.8 Å². The van der Waals surface area contributed by atoms with E-state index in [1.54, 1.807) is 0 Å². The van der Waals surface area contributed by atoms with E-state index in [1.807, 2.05) is 6.07 Å². The molecule has 0 fully saturated rings. The molecule has 152 valence electrons. The number of hydrogen-bond acceptors (Lipinski definition) is 0. The van der Waals surface area contributed by atoms with Crippen LogP contribution in [-0.4, -0.2) is 0 Å². The second-order valence-electron chi connectivity index (χ2n) is 9.00. The molecule has 3 atom stereocenters. The minimum absolute atomic E-state index is 0.215. The molecule has 3 unspecified atom stereocenters. The number of hydrogen-bond donors (Lipinski definition) is 0. The van der Waals surface area contributed by atoms with Crippen LogP contribution in [0.5, 0.6) is 0 Å². The average molecular weight is 429 g/mol. The fourth-order valence-corrected chi connectivity index (χ4v) is 6.76. The predicted octanol–water partition coefficient (Wildman–Crippen LogP) is 8.16. The zero-order valence-corrected chi connectivity index (χ0v) is 18.3. The van der Waals surface area contributed by atoms with E-state index in [4.69, 9.17) is 11.6 Å². The molecule has 0 saturated heterocycles. The Morgan fingerprint density at radius 3 is 2.25 bits per heavy atom. The summed E-state index contributed by atoms with van der Waals surface area (Å²) in [6.45, 7) is 0. The quantitative estimate of drug-likeness (QED) is 0.287. The highest BCUT2D eigenvalue weighted by Gasteiger charge is 2.57. The molecule has 0 nitrogen and oxygen atoms in total. The minimum atomic E-state index is -0.215. The van der Waals surface area contributed by atoms with Crippen LogP contribution in [0.1, 0.15) is 28.2 Å². The Balaban J connectivity index is 1.66. The summed E-state index contributed by atoms with van der Waals surface area (Å²) in [6, 6.07) is 33.2. The number of allylic oxidation sites excluding steroid dienone is 4. The Bertz CT molecular complexity index is 1460. The maximum Gasteiger partial charge on any atom is 0.0544 e. The van der Waals surface area contributed by atoms with E-state index < -0.39 is 0 Å². The molecule has 4 aromatic rings. The first-order valence-corrected chi connectivity index (χ1v) is 11.6. The Morgan fingerprint density at radius 1 is 0.625 bits per heavy atom. The van der Waals surface area contributed by atoms with Gasteiger partial charge in [-0.05, 0) is 56.6 Å². The van der Waals surface area contributed by atoms with Crippen LogP contribution in [0, 0.1) is 5.92 Å². The third-order valence-corrected chi connectivity index (χ3v) is 7.85. The second kappa shape index (κ2) is 6.58. The van der Waals surface area contributed by atoms with Crippen LogP contribution < -0.4 is 0 Å². The van der Waals surface area contributed by atoms with Crippen molar-refractivity contribution in [3.8, 4) is 22.3 Å². The van der Waals surface area contributed by atoms with Gasteiger partial charge in [-0.25, -0.2) is 0 Å². The van der Waals surface area contributed by atoms with Crippen molar-refractivity contribution < 1.29 is 0 Å². The lowest BCUT2D eigenvalue weighted by molar-refractivity contribution is 0.466. The lowest BCUT2D eigenvalue weighted by atomic mass is 9.64. The fourth-order valence-electron chi connectivity index (χ4n) is 6.56. The maximum absolute atomic E-state index is 6.46. The summed E-state index contributed by atoms with van der Waals surface area (Å²) in [4.78, 5) is 0. The largest absolute Gasteiger partial charge is 0.0843 e. The number of halogens is 1. The van der Waals surface area contributed by atoms with Crippen LogP contribution in [0.2, 0.25) is 5.02 Å². The summed E-state index contributed by atoms with van der Waals surface area (Å²) in [5, 5.41) is 0.773. The SMILES string of the molecule is Clc1cccc(-c2cccc3c2C2(c4ccccc4-3)c3ccccc3C3C=CC=CC32)c1. The highest BCUT2D eigenvalue weighted by molar-refractivity contribution is 6.30. The molecular weight excluding hydrogens is 408 g/mol. The zero-order valence-electron chi connectivity index (χ0n) is 17.5. The van der Waals surface area contributed by atoms with Gasteiger partial charge in [-0.2, -0.15) is 0 Å². The molecule has 0 saturated carbocycles. The summed E-state index contributed by atoms with van der Waals surface area (Å²) in [6.07, 6.45) is 9.27. The van der Waals surface area contributed by atoms with Crippen LogP contribution in [0.25, 0.3) is 22.3 Å². The van der Waals surface area contributed by atoms with Gasteiger partial charge in [0.15, 0.2) is 0 Å². The van der Waals surface area contributed by atoms with Gasteiger partial charge in [0.1, 0.15) is 0 Å². The first-order chi connectivity index (χ1) is 15.8. The molecule has 3 aliphatic rings. The van der Waals surface area contributed by atoms with Gasteiger partial charge < -0.3 is 0 Å². The van der Waals surface area contributed by atoms with Gasteiger partial charge in [0.2, 0.25) is 0 Å². The summed E-state index contributed by atoms with van der Waals surface area (Å²) in [7, 11) is 0. The van der Waals surface area contributed by atoms with Crippen molar-refractivity contribution in [2.75, 3.05) is 0 Å². The van der Waals surface area contributed by atoms with Crippen molar-refractivity contribution in [1.82, 2.24) is 0 Å². The molecular formula is C31H21Cl. The van der Waals surface area contributed by atoms with E-state index in [1.165, 1.54) is 44.5 Å². The average Bonchev–Trinajstić information content (AvgIpc) is 3.32. The van der Waals surface area contributed by atoms with Crippen LogP contribution in [0.15, 0.2) is 115 Å². The van der Waals surface area contributed by atoms with Crippen molar-refractivity contribution in [3.63, 3.8) is 0 Å². The first kappa shape index (κ1) is 18.2. The van der Waals surface area contributed by atoms with Gasteiger partial charge in [0, 0.05) is 16.9 Å². The number of rotatable bonds is 1. The summed E-state index contributed by atoms with van der Waals surface area (Å²) in [5.74, 6) is 0.718. The van der Waals surface area contributed by atoms with Crippen molar-refractivity contribution in [2.45, 2.75) is 11.3 Å². The molecule has 1 spiro atoms. The van der Waals surface area contributed by atoms with Crippen molar-refractivity contribution in [1.29, 1.82) is 0 Å². The van der Waals surface area contributed by atoms with Gasteiger partial charge >= 0.3 is 0 Å². The van der Waals surface area contributed by atoms with Crippen LogP contribution in [-0.2, 0) is 5.41 Å². The Labute approximate surface area is 193 Å². The molecule has 0 N–H and O–H groups in total. The number of benzene rings is 4. The van der Waals surface area contributed by atoms with E-state index in [2.05, 4.69) is 109 Å². The third-order valence-electron chi connectivity index (χ3n) is 7.62. The molecule has 1 heteroatoms. The standard InChI is InChI=1S/C31H21Cl/c32-21-10-7-9-20(19-21)22-14-8-15-26-25-13-3-6-18-29(25)31(30(22)26)27-16-4-1-11-23(27)24-12-2-5-17-28(24)31/h1-19,23,27H. The third kappa shape index (κ3) is 2.18. The maximum atomic E-state index is 6.46. The molecule has 0 radical (unpaired) electrons. The molecule has 0 aliphatic heterocycles. The highest BCUT2D eigenvalue weighted by atomic mass is 35.5. The lowest BCUT2D eigenvalue weighted by Gasteiger charge is -2.37. The van der Waals surface area contributed by atoms with Crippen molar-refractivity contribution >= 4 is 11.6 Å². The van der Waals surface area contributed by atoms with Gasteiger partial charge in [0.25, 0.3) is 0 Å². The van der Waals surface area contributed by atoms with Crippen molar-refractivity contribution in [3.05, 3.63) is 143 Å². The van der Waals surface area contributed by atoms with Gasteiger partial charge in [-0.15, -0.1) is 0 Å². The first-order valence-electron chi connectivity index (χ1n) is 11.2. The molecule has 4 aromatic carbocycles. The van der Waals surface area contributed by atoms with Crippen molar-refractivity contribution in [2.24, 2.45) is 5.92 Å². The van der Waals surface area contributed by atoms with Gasteiger partial charge in [-0.1, -0.05) is 115 Å². The Morgan fingerprint density at radius 2 is 1.34 bits per heavy atom. The summed E-state index contributed by atoms with van der Waals surface area (Å²) < 4.78 is 0. The summed E-state index contributed by atoms with van der Waals surface area (Å²) in [5.41, 5.74) is 10.7. The normalized spacial score (nSPS) is 23.7. The number of fused-ring (bicyclic) bond motifs is 10. The monoisotopic (exact) mass is 428 g/mol. The van der Waals surface area contributed by atoms with E-state index in [-0.39, 0.29) is 5.41 Å². The van der Waals surface area contributed by atoms with Gasteiger partial charge in [-0.3, -0.25) is 0 Å². The highest BCUT2D eigenvalue weighted by Crippen LogP contribution is 2.66. The second-order valence-corrected chi connectivity index (χ2v) is 9.44.